The number of nitrogens with zero attached hydrogens (tertiary/aromatic N) is 4. The van der Waals surface area contributed by atoms with E-state index in [0.29, 0.717) is 17.2 Å². The maximum atomic E-state index is 13.2. The Morgan fingerprint density at radius 2 is 1.57 bits per heavy atom. The molecule has 28 heavy (non-hydrogen) atoms. The second-order valence-electron chi connectivity index (χ2n) is 6.55. The van der Waals surface area contributed by atoms with Crippen molar-refractivity contribution in [1.82, 2.24) is 9.97 Å². The molecule has 0 saturated carbocycles. The van der Waals surface area contributed by atoms with E-state index in [-0.39, 0.29) is 5.91 Å². The molecule has 2 heterocycles. The Morgan fingerprint density at radius 3 is 2.25 bits per heavy atom. The van der Waals surface area contributed by atoms with E-state index >= 15 is 0 Å². The molecule has 6 nitrogen and oxygen atoms in total. The maximum Gasteiger partial charge on any atom is 0.258 e. The fraction of sp³-hybridized carbons (Fsp3) is 0.190. The molecule has 0 bridgehead atoms. The van der Waals surface area contributed by atoms with Crippen molar-refractivity contribution in [2.24, 2.45) is 0 Å². The first-order valence-corrected chi connectivity index (χ1v) is 9.13. The number of hydrogen-bond donors (Lipinski definition) is 1. The van der Waals surface area contributed by atoms with Crippen molar-refractivity contribution in [1.29, 1.82) is 0 Å². The highest BCUT2D eigenvalue weighted by Gasteiger charge is 2.19. The zero-order valence-electron chi connectivity index (χ0n) is 15.3. The van der Waals surface area contributed by atoms with E-state index in [4.69, 9.17) is 0 Å². The fourth-order valence-electron chi connectivity index (χ4n) is 3.17. The molecule has 1 saturated heterocycles. The Labute approximate surface area is 162 Å². The van der Waals surface area contributed by atoms with Gasteiger partial charge < -0.3 is 15.1 Å². The van der Waals surface area contributed by atoms with Crippen molar-refractivity contribution in [3.63, 3.8) is 0 Å². The van der Waals surface area contributed by atoms with Gasteiger partial charge >= 0.3 is 0 Å². The molecule has 1 aliphatic rings. The Morgan fingerprint density at radius 1 is 0.893 bits per heavy atom. The lowest BCUT2D eigenvalue weighted by Gasteiger charge is -2.36. The van der Waals surface area contributed by atoms with Gasteiger partial charge in [-0.1, -0.05) is 24.3 Å². The summed E-state index contributed by atoms with van der Waals surface area (Å²) in [5, 5.41) is 2.64. The van der Waals surface area contributed by atoms with Gasteiger partial charge in [0.1, 0.15) is 5.82 Å². The number of piperazine rings is 1. The summed E-state index contributed by atoms with van der Waals surface area (Å²) in [5.74, 6) is -0.167. The molecule has 0 aliphatic carbocycles. The summed E-state index contributed by atoms with van der Waals surface area (Å²) < 4.78 is 13.2. The van der Waals surface area contributed by atoms with Crippen LogP contribution in [0.5, 0.6) is 0 Å². The number of para-hydroxylation sites is 1. The molecule has 0 spiro atoms. The first-order chi connectivity index (χ1) is 13.7. The number of carbonyl (C=O) groups is 1. The van der Waals surface area contributed by atoms with Crippen LogP contribution in [0.15, 0.2) is 67.0 Å². The van der Waals surface area contributed by atoms with Crippen LogP contribution in [0.2, 0.25) is 0 Å². The Bertz CT molecular complexity index is 941. The molecule has 0 radical (unpaired) electrons. The van der Waals surface area contributed by atoms with Gasteiger partial charge in [-0.05, 0) is 30.3 Å². The average molecular weight is 377 g/mol. The number of halogens is 1. The van der Waals surface area contributed by atoms with E-state index < -0.39 is 5.82 Å². The van der Waals surface area contributed by atoms with Gasteiger partial charge in [0.25, 0.3) is 5.91 Å². The van der Waals surface area contributed by atoms with E-state index in [1.54, 1.807) is 12.1 Å². The molecule has 3 aromatic rings. The Hall–Kier alpha value is -3.48. The minimum Gasteiger partial charge on any atom is -0.368 e. The molecular formula is C21H20FN5O. The molecule has 1 aromatic heterocycles. The SMILES string of the molecule is O=C(Nc1cccc(F)c1)c1cnc(N2CCN(c3ccccc3)CC2)nc1. The van der Waals surface area contributed by atoms with Gasteiger partial charge in [0.15, 0.2) is 0 Å². The maximum absolute atomic E-state index is 13.2. The monoisotopic (exact) mass is 377 g/mol. The molecule has 0 atom stereocenters. The summed E-state index contributed by atoms with van der Waals surface area (Å²) in [5.41, 5.74) is 1.94. The summed E-state index contributed by atoms with van der Waals surface area (Å²) in [4.78, 5) is 25.4. The van der Waals surface area contributed by atoms with Gasteiger partial charge in [-0.3, -0.25) is 4.79 Å². The lowest BCUT2D eigenvalue weighted by Crippen LogP contribution is -2.47. The average Bonchev–Trinajstić information content (AvgIpc) is 2.75. The standard InChI is InChI=1S/C21H20FN5O/c22-17-5-4-6-18(13-17)25-20(28)16-14-23-21(24-15-16)27-11-9-26(10-12-27)19-7-2-1-3-8-19/h1-8,13-15H,9-12H2,(H,25,28). The van der Waals surface area contributed by atoms with Crippen LogP contribution in [0, 0.1) is 5.82 Å². The van der Waals surface area contributed by atoms with Crippen LogP contribution in [0.3, 0.4) is 0 Å². The van der Waals surface area contributed by atoms with Crippen molar-refractivity contribution in [3.05, 3.63) is 78.4 Å². The summed E-state index contributed by atoms with van der Waals surface area (Å²) >= 11 is 0. The second kappa shape index (κ2) is 8.04. The summed E-state index contributed by atoms with van der Waals surface area (Å²) in [6.07, 6.45) is 3.00. The first-order valence-electron chi connectivity index (χ1n) is 9.13. The molecule has 142 valence electrons. The third kappa shape index (κ3) is 4.09. The number of hydrogen-bond acceptors (Lipinski definition) is 5. The van der Waals surface area contributed by atoms with Gasteiger partial charge in [-0.15, -0.1) is 0 Å². The lowest BCUT2D eigenvalue weighted by molar-refractivity contribution is 0.102. The van der Waals surface area contributed by atoms with Crippen LogP contribution < -0.4 is 15.1 Å². The zero-order valence-corrected chi connectivity index (χ0v) is 15.3. The summed E-state index contributed by atoms with van der Waals surface area (Å²) in [7, 11) is 0. The first kappa shape index (κ1) is 17.9. The molecule has 1 aliphatic heterocycles. The molecule has 7 heteroatoms. The van der Waals surface area contributed by atoms with Gasteiger partial charge in [-0.25, -0.2) is 14.4 Å². The van der Waals surface area contributed by atoms with Gasteiger partial charge in [-0.2, -0.15) is 0 Å². The molecule has 2 aromatic carbocycles. The molecule has 0 unspecified atom stereocenters. The minimum absolute atomic E-state index is 0.330. The zero-order chi connectivity index (χ0) is 19.3. The minimum atomic E-state index is -0.404. The smallest absolute Gasteiger partial charge is 0.258 e. The quantitative estimate of drug-likeness (QED) is 0.757. The highest BCUT2D eigenvalue weighted by molar-refractivity contribution is 6.03. The normalized spacial score (nSPS) is 14.0. The Kier molecular flexibility index (Phi) is 5.14. The van der Waals surface area contributed by atoms with Crippen molar-refractivity contribution in [3.8, 4) is 0 Å². The fourth-order valence-corrected chi connectivity index (χ4v) is 3.17. The van der Waals surface area contributed by atoms with Crippen LogP contribution in [0.25, 0.3) is 0 Å². The van der Waals surface area contributed by atoms with Crippen molar-refractivity contribution in [2.45, 2.75) is 0 Å². The predicted octanol–water partition coefficient (Wildman–Crippen LogP) is 3.19. The van der Waals surface area contributed by atoms with Crippen LogP contribution >= 0.6 is 0 Å². The number of amides is 1. The van der Waals surface area contributed by atoms with Crippen LogP contribution in [-0.4, -0.2) is 42.1 Å². The lowest BCUT2D eigenvalue weighted by atomic mass is 10.2. The van der Waals surface area contributed by atoms with Gasteiger partial charge in [0.2, 0.25) is 5.95 Å². The predicted molar refractivity (Wildman–Crippen MR) is 107 cm³/mol. The van der Waals surface area contributed by atoms with Gasteiger partial charge in [0.05, 0.1) is 5.56 Å². The van der Waals surface area contributed by atoms with Crippen molar-refractivity contribution >= 4 is 23.2 Å². The largest absolute Gasteiger partial charge is 0.368 e. The number of nitrogens with one attached hydrogen (secondary N) is 1. The van der Waals surface area contributed by atoms with Crippen LogP contribution in [-0.2, 0) is 0 Å². The van der Waals surface area contributed by atoms with E-state index in [9.17, 15) is 9.18 Å². The molecular weight excluding hydrogens is 357 g/mol. The van der Waals surface area contributed by atoms with Crippen LogP contribution in [0.4, 0.5) is 21.7 Å². The van der Waals surface area contributed by atoms with Crippen molar-refractivity contribution in [2.75, 3.05) is 41.3 Å². The van der Waals surface area contributed by atoms with E-state index in [1.165, 1.54) is 30.2 Å². The van der Waals surface area contributed by atoms with E-state index in [2.05, 4.69) is 37.2 Å². The Balaban J connectivity index is 1.36. The van der Waals surface area contributed by atoms with E-state index in [0.717, 1.165) is 26.2 Å². The third-order valence-electron chi connectivity index (χ3n) is 4.67. The molecule has 4 rings (SSSR count). The number of carbonyl (C=O) groups excluding carboxylic acids is 1. The van der Waals surface area contributed by atoms with Gasteiger partial charge in [0, 0.05) is 49.9 Å². The number of aromatic nitrogens is 2. The van der Waals surface area contributed by atoms with Crippen molar-refractivity contribution < 1.29 is 9.18 Å². The second-order valence-corrected chi connectivity index (χ2v) is 6.55. The molecule has 1 N–H and O–H groups in total. The van der Waals surface area contributed by atoms with Crippen LogP contribution in [0.1, 0.15) is 10.4 Å². The number of anilines is 3. The number of benzene rings is 2. The summed E-state index contributed by atoms with van der Waals surface area (Å²) in [6.45, 7) is 3.39. The highest BCUT2D eigenvalue weighted by atomic mass is 19.1. The van der Waals surface area contributed by atoms with E-state index in [1.807, 2.05) is 18.2 Å². The summed E-state index contributed by atoms with van der Waals surface area (Å²) in [6, 6.07) is 16.1. The molecule has 1 amide bonds. The topological polar surface area (TPSA) is 61.4 Å². The highest BCUT2D eigenvalue weighted by Crippen LogP contribution is 2.18. The molecule has 1 fully saturated rings. The third-order valence-corrected chi connectivity index (χ3v) is 4.67. The number of rotatable bonds is 4.